The molecule has 0 aliphatic carbocycles. The van der Waals surface area contributed by atoms with E-state index in [9.17, 15) is 9.90 Å². The molecule has 34 heavy (non-hydrogen) atoms. The van der Waals surface area contributed by atoms with E-state index in [-0.39, 0.29) is 23.2 Å². The van der Waals surface area contributed by atoms with Crippen LogP contribution in [0.5, 0.6) is 5.75 Å². The average Bonchev–Trinajstić information content (AvgIpc) is 3.58. The molecule has 2 bridgehead atoms. The van der Waals surface area contributed by atoms with E-state index in [2.05, 4.69) is 0 Å². The summed E-state index contributed by atoms with van der Waals surface area (Å²) in [6, 6.07) is 17.2. The molecule has 3 saturated heterocycles. The van der Waals surface area contributed by atoms with Crippen LogP contribution in [0.25, 0.3) is 0 Å². The van der Waals surface area contributed by atoms with Crippen molar-refractivity contribution in [1.29, 1.82) is 0 Å². The average molecular weight is 565 g/mol. The Labute approximate surface area is 219 Å². The normalized spacial score (nSPS) is 23.8. The first-order valence-electron chi connectivity index (χ1n) is 11.7. The predicted octanol–water partition coefficient (Wildman–Crippen LogP) is 2.02. The van der Waals surface area contributed by atoms with Crippen molar-refractivity contribution in [1.82, 2.24) is 0 Å². The van der Waals surface area contributed by atoms with Gasteiger partial charge in [0.15, 0.2) is 0 Å². The zero-order valence-electron chi connectivity index (χ0n) is 19.0. The Bertz CT molecular complexity index is 1000. The molecule has 0 unspecified atom stereocenters. The highest BCUT2D eigenvalue weighted by Gasteiger charge is 2.52. The van der Waals surface area contributed by atoms with Crippen molar-refractivity contribution in [2.75, 3.05) is 26.2 Å². The minimum absolute atomic E-state index is 0. The largest absolute Gasteiger partial charge is 1.00 e. The van der Waals surface area contributed by atoms with E-state index in [4.69, 9.17) is 9.47 Å². The number of carbonyl (C=O) groups excluding carboxylic acids is 1. The first kappa shape index (κ1) is 25.4. The molecule has 1 aromatic carbocycles. The van der Waals surface area contributed by atoms with Crippen LogP contribution in [-0.4, -0.2) is 48.0 Å². The topological polar surface area (TPSA) is 55.8 Å². The Kier molecular flexibility index (Phi) is 8.15. The fraction of sp³-hybridized carbons (Fsp3) is 0.423. The number of aliphatic hydroxyl groups is 1. The standard InChI is InChI=1S/C26H30NO4S2.BrH/c28-25(26(29,22-9-4-17-32-22)23-10-5-18-33-23)31-24-19-20-11-14-27(24,15-12-20)13-6-16-30-21-7-2-1-3-8-21;/h1-5,7-10,17-18,20,24,29H,6,11-16,19H2;1H/q+1;/p-1/t20?,24-,27?;/m1./s1. The lowest BCUT2D eigenvalue weighted by atomic mass is 9.84. The van der Waals surface area contributed by atoms with Crippen LogP contribution in [0.3, 0.4) is 0 Å². The van der Waals surface area contributed by atoms with Gasteiger partial charge >= 0.3 is 5.97 Å². The quantitative estimate of drug-likeness (QED) is 0.246. The third-order valence-electron chi connectivity index (χ3n) is 7.16. The lowest BCUT2D eigenvalue weighted by Gasteiger charge is -2.53. The highest BCUT2D eigenvalue weighted by atomic mass is 79.9. The Hall–Kier alpha value is -1.71. The molecule has 3 aliphatic heterocycles. The Morgan fingerprint density at radius 3 is 2.24 bits per heavy atom. The van der Waals surface area contributed by atoms with E-state index < -0.39 is 11.6 Å². The number of ether oxygens (including phenoxy) is 2. The number of hydrogen-bond donors (Lipinski definition) is 1. The van der Waals surface area contributed by atoms with Gasteiger partial charge in [0.05, 0.1) is 36.0 Å². The smallest absolute Gasteiger partial charge is 0.353 e. The summed E-state index contributed by atoms with van der Waals surface area (Å²) in [5.41, 5.74) is -1.75. The van der Waals surface area contributed by atoms with E-state index in [1.165, 1.54) is 35.5 Å². The van der Waals surface area contributed by atoms with Gasteiger partial charge in [-0.1, -0.05) is 30.3 Å². The summed E-state index contributed by atoms with van der Waals surface area (Å²) in [5.74, 6) is 0.928. The van der Waals surface area contributed by atoms with Gasteiger partial charge in [0, 0.05) is 25.7 Å². The summed E-state index contributed by atoms with van der Waals surface area (Å²) < 4.78 is 12.9. The van der Waals surface area contributed by atoms with Crippen LogP contribution in [-0.2, 0) is 15.1 Å². The Morgan fingerprint density at radius 2 is 1.65 bits per heavy atom. The molecule has 2 aromatic heterocycles. The van der Waals surface area contributed by atoms with Crippen molar-refractivity contribution in [2.45, 2.75) is 37.5 Å². The van der Waals surface area contributed by atoms with Gasteiger partial charge in [-0.2, -0.15) is 0 Å². The molecule has 182 valence electrons. The number of fused-ring (bicyclic) bond motifs is 3. The van der Waals surface area contributed by atoms with Gasteiger partial charge in [-0.15, -0.1) is 22.7 Å². The maximum atomic E-state index is 13.6. The summed E-state index contributed by atoms with van der Waals surface area (Å²) in [6.07, 6.45) is 3.90. The number of para-hydroxylation sites is 1. The van der Waals surface area contributed by atoms with Gasteiger partial charge in [0.2, 0.25) is 11.8 Å². The minimum Gasteiger partial charge on any atom is -1.00 e. The van der Waals surface area contributed by atoms with Crippen LogP contribution in [0, 0.1) is 5.92 Å². The van der Waals surface area contributed by atoms with E-state index in [1.54, 1.807) is 0 Å². The van der Waals surface area contributed by atoms with Crippen LogP contribution in [0.1, 0.15) is 35.4 Å². The molecule has 1 atom stereocenters. The minimum atomic E-state index is -1.75. The Morgan fingerprint density at radius 1 is 1.00 bits per heavy atom. The van der Waals surface area contributed by atoms with Crippen LogP contribution < -0.4 is 21.7 Å². The van der Waals surface area contributed by atoms with Crippen LogP contribution in [0.15, 0.2) is 65.4 Å². The number of thiophene rings is 2. The third kappa shape index (κ3) is 4.97. The summed E-state index contributed by atoms with van der Waals surface area (Å²) in [7, 11) is 0. The second-order valence-electron chi connectivity index (χ2n) is 9.11. The van der Waals surface area contributed by atoms with Crippen molar-refractivity contribution < 1.29 is 40.8 Å². The molecule has 0 saturated carbocycles. The first-order chi connectivity index (χ1) is 16.1. The first-order valence-corrected chi connectivity index (χ1v) is 13.4. The lowest BCUT2D eigenvalue weighted by molar-refractivity contribution is -0.984. The summed E-state index contributed by atoms with van der Waals surface area (Å²) >= 11 is 2.76. The van der Waals surface area contributed by atoms with E-state index >= 15 is 0 Å². The number of quaternary nitrogens is 1. The number of esters is 1. The van der Waals surface area contributed by atoms with Crippen molar-refractivity contribution in [3.63, 3.8) is 0 Å². The van der Waals surface area contributed by atoms with Gasteiger partial charge in [-0.25, -0.2) is 4.79 Å². The molecule has 5 nitrogen and oxygen atoms in total. The maximum absolute atomic E-state index is 13.6. The van der Waals surface area contributed by atoms with E-state index in [0.29, 0.717) is 22.3 Å². The number of carbonyl (C=O) groups is 1. The molecule has 8 heteroatoms. The molecular weight excluding hydrogens is 534 g/mol. The second kappa shape index (κ2) is 10.9. The predicted molar refractivity (Wildman–Crippen MR) is 130 cm³/mol. The molecule has 1 N–H and O–H groups in total. The second-order valence-corrected chi connectivity index (χ2v) is 11.0. The van der Waals surface area contributed by atoms with Gasteiger partial charge in [-0.05, 0) is 40.9 Å². The molecule has 0 spiro atoms. The highest BCUT2D eigenvalue weighted by Crippen LogP contribution is 2.42. The highest BCUT2D eigenvalue weighted by molar-refractivity contribution is 7.12. The lowest BCUT2D eigenvalue weighted by Crippen LogP contribution is -3.00. The third-order valence-corrected chi connectivity index (χ3v) is 9.12. The number of benzene rings is 1. The van der Waals surface area contributed by atoms with Crippen molar-refractivity contribution >= 4 is 28.6 Å². The molecule has 3 aromatic rings. The zero-order chi connectivity index (χ0) is 22.7. The summed E-state index contributed by atoms with van der Waals surface area (Å²) in [5, 5.41) is 15.4. The van der Waals surface area contributed by atoms with Crippen LogP contribution in [0.2, 0.25) is 0 Å². The fourth-order valence-corrected chi connectivity index (χ4v) is 7.00. The Balaban J connectivity index is 0.00000274. The summed E-state index contributed by atoms with van der Waals surface area (Å²) in [6.45, 7) is 3.59. The van der Waals surface area contributed by atoms with Crippen molar-refractivity contribution in [3.8, 4) is 5.75 Å². The number of nitrogens with zero attached hydrogens (tertiary/aromatic N) is 1. The molecule has 0 amide bonds. The number of halogens is 1. The van der Waals surface area contributed by atoms with Gasteiger partial charge in [-0.3, -0.25) is 4.48 Å². The van der Waals surface area contributed by atoms with Gasteiger partial charge in [0.25, 0.3) is 0 Å². The fourth-order valence-electron chi connectivity index (χ4n) is 5.28. The van der Waals surface area contributed by atoms with Crippen molar-refractivity contribution in [2.24, 2.45) is 5.92 Å². The maximum Gasteiger partial charge on any atom is 0.353 e. The van der Waals surface area contributed by atoms with E-state index in [1.807, 2.05) is 65.4 Å². The van der Waals surface area contributed by atoms with Crippen LogP contribution in [0.4, 0.5) is 0 Å². The molecule has 6 rings (SSSR count). The van der Waals surface area contributed by atoms with Gasteiger partial charge in [0.1, 0.15) is 5.75 Å². The zero-order valence-corrected chi connectivity index (χ0v) is 22.2. The molecule has 0 radical (unpaired) electrons. The monoisotopic (exact) mass is 563 g/mol. The molecule has 3 fully saturated rings. The van der Waals surface area contributed by atoms with Crippen LogP contribution >= 0.6 is 22.7 Å². The summed E-state index contributed by atoms with van der Waals surface area (Å²) in [4.78, 5) is 14.8. The van der Waals surface area contributed by atoms with Crippen molar-refractivity contribution in [3.05, 3.63) is 75.1 Å². The molecular formula is C26H30BrNO4S2. The number of piperidine rings is 3. The SMILES string of the molecule is O=C(O[C@@H]1CC2CC[N+]1(CCCOc1ccccc1)CC2)C(O)(c1cccs1)c1cccs1.[Br-]. The molecule has 3 aliphatic rings. The number of rotatable bonds is 9. The number of hydrogen-bond acceptors (Lipinski definition) is 6. The molecule has 5 heterocycles. The van der Waals surface area contributed by atoms with Gasteiger partial charge < -0.3 is 31.6 Å². The van der Waals surface area contributed by atoms with E-state index in [0.717, 1.165) is 42.7 Å².